The van der Waals surface area contributed by atoms with Crippen LogP contribution in [-0.4, -0.2) is 4.98 Å². The second-order valence-corrected chi connectivity index (χ2v) is 8.17. The van der Waals surface area contributed by atoms with Gasteiger partial charge in [0.1, 0.15) is 0 Å². The summed E-state index contributed by atoms with van der Waals surface area (Å²) in [6.07, 6.45) is 12.3. The lowest BCUT2D eigenvalue weighted by Crippen LogP contribution is -1.86. The maximum absolute atomic E-state index is 3.53. The van der Waals surface area contributed by atoms with Crippen molar-refractivity contribution < 1.29 is 0 Å². The summed E-state index contributed by atoms with van der Waals surface area (Å²) in [6.45, 7) is 2.28. The van der Waals surface area contributed by atoms with Crippen molar-refractivity contribution in [3.05, 3.63) is 45.5 Å². The predicted molar refractivity (Wildman–Crippen MR) is 115 cm³/mol. The molecule has 0 aliphatic rings. The van der Waals surface area contributed by atoms with Crippen LogP contribution >= 0.6 is 22.6 Å². The Morgan fingerprint density at radius 3 is 2.12 bits per heavy atom. The maximum Gasteiger partial charge on any atom is 0.0465 e. The van der Waals surface area contributed by atoms with E-state index in [2.05, 4.69) is 70.9 Å². The van der Waals surface area contributed by atoms with Gasteiger partial charge in [0.2, 0.25) is 0 Å². The number of hydrogen-bond acceptors (Lipinski definition) is 0. The Balaban J connectivity index is 1.56. The Hall–Kier alpha value is -1.03. The third-order valence-corrected chi connectivity index (χ3v) is 5.62. The van der Waals surface area contributed by atoms with Crippen molar-refractivity contribution in [2.24, 2.45) is 0 Å². The summed E-state index contributed by atoms with van der Waals surface area (Å²) < 4.78 is 1.30. The van der Waals surface area contributed by atoms with Crippen LogP contribution in [0.5, 0.6) is 0 Å². The number of aromatic nitrogens is 1. The highest BCUT2D eigenvalue weighted by Crippen LogP contribution is 2.28. The summed E-state index contributed by atoms with van der Waals surface area (Å²) in [5.41, 5.74) is 3.98. The number of fused-ring (bicyclic) bond motifs is 3. The number of nitrogens with one attached hydrogen (secondary N) is 1. The highest BCUT2D eigenvalue weighted by atomic mass is 127. The number of benzene rings is 2. The van der Waals surface area contributed by atoms with E-state index in [1.807, 2.05) is 0 Å². The molecule has 24 heavy (non-hydrogen) atoms. The molecule has 0 amide bonds. The zero-order valence-corrected chi connectivity index (χ0v) is 16.9. The van der Waals surface area contributed by atoms with Gasteiger partial charge in [0.25, 0.3) is 0 Å². The molecule has 1 nitrogen and oxygen atoms in total. The maximum atomic E-state index is 3.53. The van der Waals surface area contributed by atoms with E-state index in [9.17, 15) is 0 Å². The Morgan fingerprint density at radius 2 is 1.38 bits per heavy atom. The van der Waals surface area contributed by atoms with Gasteiger partial charge in [0.05, 0.1) is 0 Å². The summed E-state index contributed by atoms with van der Waals surface area (Å²) in [6, 6.07) is 13.6. The molecule has 0 unspecified atom stereocenters. The number of halogens is 1. The molecular formula is C22H28IN. The average molecular weight is 433 g/mol. The number of aryl methyl sites for hydroxylation is 1. The van der Waals surface area contributed by atoms with E-state index in [1.54, 1.807) is 0 Å². The fourth-order valence-electron chi connectivity index (χ4n) is 3.54. The van der Waals surface area contributed by atoms with Gasteiger partial charge in [0, 0.05) is 25.4 Å². The Kier molecular flexibility index (Phi) is 6.59. The molecule has 2 heteroatoms. The van der Waals surface area contributed by atoms with Crippen LogP contribution < -0.4 is 0 Å². The van der Waals surface area contributed by atoms with E-state index in [0.717, 1.165) is 0 Å². The standard InChI is InChI=1S/C22H28IN/c1-2-3-4-5-6-7-8-9-10-17-11-13-21-19(15-17)20-16-18(23)12-14-22(20)24-21/h11-16,24H,2-10H2,1H3. The molecule has 0 aliphatic heterocycles. The van der Waals surface area contributed by atoms with Crippen LogP contribution in [0.25, 0.3) is 21.8 Å². The first kappa shape index (κ1) is 17.8. The minimum atomic E-state index is 1.21. The molecule has 1 N–H and O–H groups in total. The van der Waals surface area contributed by atoms with E-state index >= 15 is 0 Å². The molecule has 0 fully saturated rings. The van der Waals surface area contributed by atoms with Gasteiger partial charge in [-0.25, -0.2) is 0 Å². The molecule has 0 spiro atoms. The van der Waals surface area contributed by atoms with Gasteiger partial charge in [-0.15, -0.1) is 0 Å². The van der Waals surface area contributed by atoms with Crippen molar-refractivity contribution in [2.45, 2.75) is 64.7 Å². The third-order valence-electron chi connectivity index (χ3n) is 4.94. The molecule has 3 aromatic rings. The number of hydrogen-bond donors (Lipinski definition) is 1. The predicted octanol–water partition coefficient (Wildman–Crippen LogP) is 7.61. The molecule has 0 saturated carbocycles. The normalized spacial score (nSPS) is 11.6. The van der Waals surface area contributed by atoms with E-state index < -0.39 is 0 Å². The topological polar surface area (TPSA) is 15.8 Å². The largest absolute Gasteiger partial charge is 0.355 e. The second-order valence-electron chi connectivity index (χ2n) is 6.92. The lowest BCUT2D eigenvalue weighted by molar-refractivity contribution is 0.575. The minimum Gasteiger partial charge on any atom is -0.355 e. The SMILES string of the molecule is CCCCCCCCCCc1ccc2[nH]c3ccc(I)cc3c2c1. The molecule has 1 heterocycles. The number of H-pyrrole nitrogens is 1. The van der Waals surface area contributed by atoms with Gasteiger partial charge in [-0.2, -0.15) is 0 Å². The fraction of sp³-hybridized carbons (Fsp3) is 0.455. The summed E-state index contributed by atoms with van der Waals surface area (Å²) in [5.74, 6) is 0. The molecule has 1 aromatic heterocycles. The first-order valence-corrected chi connectivity index (χ1v) is 10.6. The van der Waals surface area contributed by atoms with Crippen LogP contribution in [0.1, 0.15) is 63.9 Å². The molecule has 0 atom stereocenters. The number of aromatic amines is 1. The number of unbranched alkanes of at least 4 members (excludes halogenated alkanes) is 7. The Morgan fingerprint density at radius 1 is 0.750 bits per heavy atom. The third kappa shape index (κ3) is 4.53. The fourth-order valence-corrected chi connectivity index (χ4v) is 4.03. The highest BCUT2D eigenvalue weighted by molar-refractivity contribution is 14.1. The van der Waals surface area contributed by atoms with Crippen molar-refractivity contribution in [1.29, 1.82) is 0 Å². The van der Waals surface area contributed by atoms with Crippen molar-refractivity contribution in [3.63, 3.8) is 0 Å². The Bertz CT molecular complexity index is 787. The first-order chi connectivity index (χ1) is 11.8. The van der Waals surface area contributed by atoms with Crippen LogP contribution in [0.3, 0.4) is 0 Å². The molecule has 0 aliphatic carbocycles. The smallest absolute Gasteiger partial charge is 0.0465 e. The summed E-state index contributed by atoms with van der Waals surface area (Å²) in [5, 5.41) is 2.73. The van der Waals surface area contributed by atoms with Crippen molar-refractivity contribution in [2.75, 3.05) is 0 Å². The molecule has 3 rings (SSSR count). The molecule has 0 saturated heterocycles. The van der Waals surface area contributed by atoms with Gasteiger partial charge in [-0.3, -0.25) is 0 Å². The molecule has 128 valence electrons. The van der Waals surface area contributed by atoms with E-state index in [0.29, 0.717) is 0 Å². The van der Waals surface area contributed by atoms with E-state index in [1.165, 1.54) is 88.7 Å². The van der Waals surface area contributed by atoms with Gasteiger partial charge >= 0.3 is 0 Å². The zero-order valence-electron chi connectivity index (χ0n) is 14.7. The van der Waals surface area contributed by atoms with Gasteiger partial charge in [-0.1, -0.05) is 57.9 Å². The van der Waals surface area contributed by atoms with Crippen LogP contribution in [0.15, 0.2) is 36.4 Å². The zero-order chi connectivity index (χ0) is 16.8. The average Bonchev–Trinajstić information content (AvgIpc) is 2.94. The van der Waals surface area contributed by atoms with Crippen LogP contribution in [-0.2, 0) is 6.42 Å². The lowest BCUT2D eigenvalue weighted by atomic mass is 10.0. The molecular weight excluding hydrogens is 405 g/mol. The van der Waals surface area contributed by atoms with Crippen LogP contribution in [0.2, 0.25) is 0 Å². The second kappa shape index (κ2) is 8.89. The van der Waals surface area contributed by atoms with E-state index in [4.69, 9.17) is 0 Å². The summed E-state index contributed by atoms with van der Waals surface area (Å²) >= 11 is 2.40. The summed E-state index contributed by atoms with van der Waals surface area (Å²) in [7, 11) is 0. The van der Waals surface area contributed by atoms with Gasteiger partial charge in [-0.05, 0) is 71.3 Å². The molecule has 0 bridgehead atoms. The highest BCUT2D eigenvalue weighted by Gasteiger charge is 2.05. The monoisotopic (exact) mass is 433 g/mol. The van der Waals surface area contributed by atoms with Crippen LogP contribution in [0.4, 0.5) is 0 Å². The van der Waals surface area contributed by atoms with E-state index in [-0.39, 0.29) is 0 Å². The van der Waals surface area contributed by atoms with Crippen molar-refractivity contribution >= 4 is 44.4 Å². The molecule has 0 radical (unpaired) electrons. The van der Waals surface area contributed by atoms with Crippen molar-refractivity contribution in [1.82, 2.24) is 4.98 Å². The molecule has 2 aromatic carbocycles. The van der Waals surface area contributed by atoms with Gasteiger partial charge in [0.15, 0.2) is 0 Å². The minimum absolute atomic E-state index is 1.21. The van der Waals surface area contributed by atoms with Crippen LogP contribution in [0, 0.1) is 3.57 Å². The summed E-state index contributed by atoms with van der Waals surface area (Å²) in [4.78, 5) is 3.53. The van der Waals surface area contributed by atoms with Gasteiger partial charge < -0.3 is 4.98 Å². The van der Waals surface area contributed by atoms with Crippen molar-refractivity contribution in [3.8, 4) is 0 Å². The quantitative estimate of drug-likeness (QED) is 0.264. The lowest BCUT2D eigenvalue weighted by Gasteiger charge is -2.03. The first-order valence-electron chi connectivity index (χ1n) is 9.48. The Labute approximate surface area is 159 Å². The number of rotatable bonds is 9.